The Morgan fingerprint density at radius 2 is 1.95 bits per heavy atom. The average Bonchev–Trinajstić information content (AvgIpc) is 3.05. The number of carboxylic acid groups (broad SMARTS) is 1. The van der Waals surface area contributed by atoms with Crippen molar-refractivity contribution in [2.45, 2.75) is 33.1 Å². The third-order valence-electron chi connectivity index (χ3n) is 3.76. The quantitative estimate of drug-likeness (QED) is 0.757. The van der Waals surface area contributed by atoms with Crippen LogP contribution in [0.3, 0.4) is 0 Å². The molecule has 1 amide bonds. The van der Waals surface area contributed by atoms with E-state index in [9.17, 15) is 9.59 Å². The van der Waals surface area contributed by atoms with Gasteiger partial charge in [-0.3, -0.25) is 9.59 Å². The largest absolute Gasteiger partial charge is 0.494 e. The van der Waals surface area contributed by atoms with Gasteiger partial charge in [0.05, 0.1) is 6.61 Å². The van der Waals surface area contributed by atoms with Gasteiger partial charge in [-0.1, -0.05) is 13.8 Å². The second kappa shape index (κ2) is 6.16. The van der Waals surface area contributed by atoms with Crippen molar-refractivity contribution in [2.75, 3.05) is 11.9 Å². The van der Waals surface area contributed by atoms with E-state index in [2.05, 4.69) is 19.2 Å². The Hall–Kier alpha value is -2.04. The second-order valence-electron chi connectivity index (χ2n) is 6.10. The van der Waals surface area contributed by atoms with Gasteiger partial charge < -0.3 is 15.2 Å². The summed E-state index contributed by atoms with van der Waals surface area (Å²) in [5.41, 5.74) is 0.873. The number of benzene rings is 1. The van der Waals surface area contributed by atoms with Crippen LogP contribution in [0.1, 0.15) is 33.1 Å². The number of aliphatic carboxylic acids is 1. The van der Waals surface area contributed by atoms with Crippen LogP contribution in [-0.2, 0) is 9.59 Å². The molecule has 1 fully saturated rings. The van der Waals surface area contributed by atoms with Crippen molar-refractivity contribution in [3.63, 3.8) is 0 Å². The molecule has 0 aliphatic heterocycles. The van der Waals surface area contributed by atoms with Crippen LogP contribution in [0.4, 0.5) is 5.69 Å². The van der Waals surface area contributed by atoms with Crippen molar-refractivity contribution in [2.24, 2.45) is 11.3 Å². The van der Waals surface area contributed by atoms with Crippen LogP contribution >= 0.6 is 0 Å². The molecule has 0 heterocycles. The lowest BCUT2D eigenvalue weighted by molar-refractivity contribution is -0.137. The van der Waals surface area contributed by atoms with Gasteiger partial charge in [-0.15, -0.1) is 0 Å². The molecule has 0 aromatic heterocycles. The third kappa shape index (κ3) is 4.48. The highest BCUT2D eigenvalue weighted by Crippen LogP contribution is 2.51. The Kier molecular flexibility index (Phi) is 4.50. The summed E-state index contributed by atoms with van der Waals surface area (Å²) in [7, 11) is 0. The molecule has 0 saturated heterocycles. The van der Waals surface area contributed by atoms with Crippen LogP contribution in [0.5, 0.6) is 5.75 Å². The van der Waals surface area contributed by atoms with Gasteiger partial charge in [-0.05, 0) is 42.5 Å². The van der Waals surface area contributed by atoms with Crippen molar-refractivity contribution in [3.8, 4) is 5.75 Å². The lowest BCUT2D eigenvalue weighted by Crippen LogP contribution is -2.16. The number of carbonyl (C=O) groups excluding carboxylic acids is 1. The summed E-state index contributed by atoms with van der Waals surface area (Å²) in [5.74, 6) is 0.0179. The first kappa shape index (κ1) is 15.4. The molecule has 0 unspecified atom stereocenters. The number of carbonyl (C=O) groups is 2. The van der Waals surface area contributed by atoms with E-state index in [1.165, 1.54) is 0 Å². The molecule has 2 rings (SSSR count). The summed E-state index contributed by atoms with van der Waals surface area (Å²) in [6.07, 6.45) is 1.51. The van der Waals surface area contributed by atoms with Crippen LogP contribution in [-0.4, -0.2) is 23.6 Å². The number of hydrogen-bond donors (Lipinski definition) is 2. The monoisotopic (exact) mass is 291 g/mol. The normalized spacial score (nSPS) is 18.9. The van der Waals surface area contributed by atoms with Gasteiger partial charge in [0.1, 0.15) is 5.75 Å². The standard InChI is InChI=1S/C16H21NO4/c1-16(2)10-13(16)15(20)17-11-5-7-12(8-6-11)21-9-3-4-14(18)19/h5-8,13H,3-4,9-10H2,1-2H3,(H,17,20)(H,18,19)/t13-/m1/s1. The molecule has 1 atom stereocenters. The number of amides is 1. The first-order valence-corrected chi connectivity index (χ1v) is 7.14. The lowest BCUT2D eigenvalue weighted by atomic mass is 10.1. The summed E-state index contributed by atoms with van der Waals surface area (Å²) in [5, 5.41) is 11.4. The molecule has 0 spiro atoms. The number of anilines is 1. The highest BCUT2D eigenvalue weighted by atomic mass is 16.5. The smallest absolute Gasteiger partial charge is 0.303 e. The minimum atomic E-state index is -0.820. The van der Waals surface area contributed by atoms with Crippen molar-refractivity contribution in [1.29, 1.82) is 0 Å². The van der Waals surface area contributed by atoms with E-state index in [0.29, 0.717) is 18.8 Å². The van der Waals surface area contributed by atoms with Crippen LogP contribution in [0, 0.1) is 11.3 Å². The second-order valence-corrected chi connectivity index (χ2v) is 6.10. The highest BCUT2D eigenvalue weighted by Gasteiger charge is 2.50. The van der Waals surface area contributed by atoms with E-state index >= 15 is 0 Å². The Bertz CT molecular complexity index is 522. The minimum absolute atomic E-state index is 0.0649. The molecule has 0 bridgehead atoms. The third-order valence-corrected chi connectivity index (χ3v) is 3.76. The lowest BCUT2D eigenvalue weighted by Gasteiger charge is -2.08. The van der Waals surface area contributed by atoms with E-state index < -0.39 is 5.97 Å². The zero-order valence-corrected chi connectivity index (χ0v) is 12.4. The molecular weight excluding hydrogens is 270 g/mol. The number of nitrogens with one attached hydrogen (secondary N) is 1. The molecule has 2 N–H and O–H groups in total. The van der Waals surface area contributed by atoms with E-state index in [1.807, 2.05) is 0 Å². The van der Waals surface area contributed by atoms with Crippen LogP contribution < -0.4 is 10.1 Å². The molecule has 1 aliphatic rings. The van der Waals surface area contributed by atoms with Gasteiger partial charge in [0, 0.05) is 18.0 Å². The average molecular weight is 291 g/mol. The number of rotatable bonds is 7. The van der Waals surface area contributed by atoms with Crippen molar-refractivity contribution < 1.29 is 19.4 Å². The van der Waals surface area contributed by atoms with Crippen molar-refractivity contribution >= 4 is 17.6 Å². The van der Waals surface area contributed by atoms with Crippen molar-refractivity contribution in [3.05, 3.63) is 24.3 Å². The zero-order chi connectivity index (χ0) is 15.5. The molecule has 1 aromatic carbocycles. The summed E-state index contributed by atoms with van der Waals surface area (Å²) < 4.78 is 5.43. The molecular formula is C16H21NO4. The fraction of sp³-hybridized carbons (Fsp3) is 0.500. The Balaban J connectivity index is 1.77. The molecule has 5 nitrogen and oxygen atoms in total. The van der Waals surface area contributed by atoms with E-state index in [-0.39, 0.29) is 23.7 Å². The van der Waals surface area contributed by atoms with E-state index in [4.69, 9.17) is 9.84 Å². The predicted octanol–water partition coefficient (Wildman–Crippen LogP) is 2.91. The van der Waals surface area contributed by atoms with Gasteiger partial charge in [0.15, 0.2) is 0 Å². The summed E-state index contributed by atoms with van der Waals surface area (Å²) in [6, 6.07) is 7.13. The van der Waals surface area contributed by atoms with Crippen LogP contribution in [0.15, 0.2) is 24.3 Å². The van der Waals surface area contributed by atoms with E-state index in [1.54, 1.807) is 24.3 Å². The number of carboxylic acids is 1. The number of hydrogen-bond acceptors (Lipinski definition) is 3. The maximum Gasteiger partial charge on any atom is 0.303 e. The fourth-order valence-corrected chi connectivity index (χ4v) is 2.19. The summed E-state index contributed by atoms with van der Waals surface area (Å²) >= 11 is 0. The maximum atomic E-state index is 12.0. The highest BCUT2D eigenvalue weighted by molar-refractivity contribution is 5.95. The van der Waals surface area contributed by atoms with Gasteiger partial charge in [-0.25, -0.2) is 0 Å². The Morgan fingerprint density at radius 3 is 2.48 bits per heavy atom. The number of ether oxygens (including phenoxy) is 1. The maximum absolute atomic E-state index is 12.0. The molecule has 0 radical (unpaired) electrons. The predicted molar refractivity (Wildman–Crippen MR) is 79.3 cm³/mol. The molecule has 1 aromatic rings. The fourth-order valence-electron chi connectivity index (χ4n) is 2.19. The summed E-state index contributed by atoms with van der Waals surface area (Å²) in [4.78, 5) is 22.3. The Morgan fingerprint density at radius 1 is 1.33 bits per heavy atom. The topological polar surface area (TPSA) is 75.6 Å². The first-order valence-electron chi connectivity index (χ1n) is 7.14. The molecule has 114 valence electrons. The molecule has 1 aliphatic carbocycles. The van der Waals surface area contributed by atoms with Gasteiger partial charge in [0.2, 0.25) is 5.91 Å². The molecule has 21 heavy (non-hydrogen) atoms. The van der Waals surface area contributed by atoms with Crippen LogP contribution in [0.25, 0.3) is 0 Å². The first-order chi connectivity index (χ1) is 9.88. The summed E-state index contributed by atoms with van der Waals surface area (Å²) in [6.45, 7) is 4.55. The van der Waals surface area contributed by atoms with Gasteiger partial charge in [0.25, 0.3) is 0 Å². The zero-order valence-electron chi connectivity index (χ0n) is 12.4. The van der Waals surface area contributed by atoms with E-state index in [0.717, 1.165) is 12.1 Å². The van der Waals surface area contributed by atoms with Gasteiger partial charge >= 0.3 is 5.97 Å². The molecule has 5 heteroatoms. The SMILES string of the molecule is CC1(C)C[C@@H]1C(=O)Nc1ccc(OCCCC(=O)O)cc1. The van der Waals surface area contributed by atoms with Crippen LogP contribution in [0.2, 0.25) is 0 Å². The minimum Gasteiger partial charge on any atom is -0.494 e. The van der Waals surface area contributed by atoms with Crippen molar-refractivity contribution in [1.82, 2.24) is 0 Å². The molecule has 1 saturated carbocycles. The Labute approximate surface area is 124 Å². The van der Waals surface area contributed by atoms with Gasteiger partial charge in [-0.2, -0.15) is 0 Å².